The molecule has 1 rings (SSSR count). The topological polar surface area (TPSA) is 75.9 Å². The van der Waals surface area contributed by atoms with E-state index in [1.54, 1.807) is 0 Å². The quantitative estimate of drug-likeness (QED) is 0.657. The summed E-state index contributed by atoms with van der Waals surface area (Å²) < 4.78 is 0. The second-order valence-electron chi connectivity index (χ2n) is 3.69. The second-order valence-corrected chi connectivity index (χ2v) is 3.69. The summed E-state index contributed by atoms with van der Waals surface area (Å²) in [4.78, 5) is 0. The largest absolute Gasteiger partial charge is 0.404 e. The van der Waals surface area contributed by atoms with Gasteiger partial charge in [0.1, 0.15) is 0 Å². The second kappa shape index (κ2) is 4.75. The smallest absolute Gasteiger partial charge is 0.0270 e. The van der Waals surface area contributed by atoms with E-state index in [1.165, 1.54) is 12.4 Å². The highest BCUT2D eigenvalue weighted by Crippen LogP contribution is 2.19. The van der Waals surface area contributed by atoms with Crippen molar-refractivity contribution in [1.82, 2.24) is 0 Å². The SMILES string of the molecule is Cc1cc(/C(C=N)=C/N)cc(C(C)N)c1. The summed E-state index contributed by atoms with van der Waals surface area (Å²) in [6.07, 6.45) is 2.69. The molecule has 3 nitrogen and oxygen atoms in total. The number of allylic oxidation sites excluding steroid dienone is 1. The summed E-state index contributed by atoms with van der Waals surface area (Å²) in [5.41, 5.74) is 15.1. The van der Waals surface area contributed by atoms with Crippen molar-refractivity contribution >= 4 is 11.8 Å². The van der Waals surface area contributed by atoms with Crippen molar-refractivity contribution in [3.8, 4) is 0 Å². The molecule has 0 saturated heterocycles. The molecule has 0 spiro atoms. The van der Waals surface area contributed by atoms with Gasteiger partial charge in [-0.2, -0.15) is 0 Å². The first-order chi connectivity index (χ1) is 7.08. The van der Waals surface area contributed by atoms with Gasteiger partial charge in [-0.05, 0) is 31.0 Å². The number of aryl methyl sites for hydroxylation is 1. The van der Waals surface area contributed by atoms with Crippen LogP contribution in [-0.2, 0) is 0 Å². The van der Waals surface area contributed by atoms with Gasteiger partial charge < -0.3 is 16.9 Å². The van der Waals surface area contributed by atoms with Crippen LogP contribution in [0.3, 0.4) is 0 Å². The molecular formula is C12H17N3. The minimum atomic E-state index is -0.00610. The van der Waals surface area contributed by atoms with Crippen molar-refractivity contribution in [2.24, 2.45) is 11.5 Å². The van der Waals surface area contributed by atoms with E-state index in [2.05, 4.69) is 0 Å². The Morgan fingerprint density at radius 3 is 2.53 bits per heavy atom. The van der Waals surface area contributed by atoms with Crippen LogP contribution < -0.4 is 11.5 Å². The Bertz CT molecular complexity index is 392. The fraction of sp³-hybridized carbons (Fsp3) is 0.250. The van der Waals surface area contributed by atoms with E-state index in [9.17, 15) is 0 Å². The lowest BCUT2D eigenvalue weighted by Gasteiger charge is -2.10. The van der Waals surface area contributed by atoms with E-state index in [1.807, 2.05) is 32.0 Å². The molecule has 5 N–H and O–H groups in total. The van der Waals surface area contributed by atoms with Crippen molar-refractivity contribution in [1.29, 1.82) is 5.41 Å². The third kappa shape index (κ3) is 2.67. The predicted molar refractivity (Wildman–Crippen MR) is 64.7 cm³/mol. The average Bonchev–Trinajstić information content (AvgIpc) is 2.18. The van der Waals surface area contributed by atoms with Gasteiger partial charge in [0.15, 0.2) is 0 Å². The van der Waals surface area contributed by atoms with E-state index < -0.39 is 0 Å². The van der Waals surface area contributed by atoms with Gasteiger partial charge in [-0.25, -0.2) is 0 Å². The molecule has 0 bridgehead atoms. The molecule has 1 aromatic rings. The van der Waals surface area contributed by atoms with Crippen molar-refractivity contribution in [2.45, 2.75) is 19.9 Å². The minimum Gasteiger partial charge on any atom is -0.404 e. The number of benzene rings is 1. The standard InChI is InChI=1S/C12H17N3/c1-8-3-10(9(2)15)5-11(4-8)12(6-13)7-14/h3-7,9,13H,14-15H2,1-2H3/b12-7+,13-6?. The Hall–Kier alpha value is -1.61. The van der Waals surface area contributed by atoms with Gasteiger partial charge in [-0.3, -0.25) is 0 Å². The van der Waals surface area contributed by atoms with Crippen LogP contribution in [0, 0.1) is 12.3 Å². The van der Waals surface area contributed by atoms with Crippen LogP contribution in [0.4, 0.5) is 0 Å². The van der Waals surface area contributed by atoms with Crippen molar-refractivity contribution in [3.63, 3.8) is 0 Å². The van der Waals surface area contributed by atoms with Crippen molar-refractivity contribution < 1.29 is 0 Å². The molecule has 0 heterocycles. The monoisotopic (exact) mass is 203 g/mol. The van der Waals surface area contributed by atoms with Crippen LogP contribution in [-0.4, -0.2) is 6.21 Å². The molecule has 15 heavy (non-hydrogen) atoms. The van der Waals surface area contributed by atoms with E-state index in [4.69, 9.17) is 16.9 Å². The zero-order valence-corrected chi connectivity index (χ0v) is 9.12. The van der Waals surface area contributed by atoms with Gasteiger partial charge in [0.2, 0.25) is 0 Å². The molecule has 0 fully saturated rings. The average molecular weight is 203 g/mol. The van der Waals surface area contributed by atoms with Crippen molar-refractivity contribution in [3.05, 3.63) is 41.1 Å². The maximum atomic E-state index is 7.24. The third-order valence-corrected chi connectivity index (χ3v) is 2.29. The summed E-state index contributed by atoms with van der Waals surface area (Å²) in [5.74, 6) is 0. The fourth-order valence-corrected chi connectivity index (χ4v) is 1.47. The first-order valence-electron chi connectivity index (χ1n) is 4.88. The number of hydrogen-bond acceptors (Lipinski definition) is 3. The Kier molecular flexibility index (Phi) is 3.63. The number of nitrogens with two attached hydrogens (primary N) is 2. The molecule has 1 atom stereocenters. The van der Waals surface area contributed by atoms with Crippen LogP contribution in [0.2, 0.25) is 0 Å². The maximum absolute atomic E-state index is 7.24. The lowest BCUT2D eigenvalue weighted by atomic mass is 9.98. The minimum absolute atomic E-state index is 0.00610. The van der Waals surface area contributed by atoms with Crippen LogP contribution in [0.15, 0.2) is 24.4 Å². The van der Waals surface area contributed by atoms with E-state index >= 15 is 0 Å². The molecular weight excluding hydrogens is 186 g/mol. The maximum Gasteiger partial charge on any atom is 0.0270 e. The summed E-state index contributed by atoms with van der Waals surface area (Å²) in [5, 5.41) is 7.24. The van der Waals surface area contributed by atoms with Gasteiger partial charge in [0.25, 0.3) is 0 Å². The molecule has 0 aliphatic rings. The first kappa shape index (κ1) is 11.5. The normalized spacial score (nSPS) is 13.7. The van der Waals surface area contributed by atoms with Crippen LogP contribution in [0.5, 0.6) is 0 Å². The molecule has 3 heteroatoms. The molecule has 1 aromatic carbocycles. The molecule has 0 radical (unpaired) electrons. The Balaban J connectivity index is 3.25. The first-order valence-corrected chi connectivity index (χ1v) is 4.88. The van der Waals surface area contributed by atoms with Gasteiger partial charge in [-0.1, -0.05) is 17.7 Å². The van der Waals surface area contributed by atoms with E-state index in [-0.39, 0.29) is 6.04 Å². The summed E-state index contributed by atoms with van der Waals surface area (Å²) in [7, 11) is 0. The van der Waals surface area contributed by atoms with Gasteiger partial charge in [-0.15, -0.1) is 0 Å². The lowest BCUT2D eigenvalue weighted by Crippen LogP contribution is -2.06. The highest BCUT2D eigenvalue weighted by molar-refractivity contribution is 6.08. The zero-order valence-electron chi connectivity index (χ0n) is 9.12. The highest BCUT2D eigenvalue weighted by atomic mass is 14.6. The molecule has 0 aliphatic heterocycles. The van der Waals surface area contributed by atoms with Crippen LogP contribution in [0.25, 0.3) is 5.57 Å². The summed E-state index contributed by atoms with van der Waals surface area (Å²) in [6, 6.07) is 6.01. The molecule has 0 saturated carbocycles. The third-order valence-electron chi connectivity index (χ3n) is 2.29. The molecule has 80 valence electrons. The van der Waals surface area contributed by atoms with Gasteiger partial charge in [0, 0.05) is 24.0 Å². The molecule has 1 unspecified atom stereocenters. The fourth-order valence-electron chi connectivity index (χ4n) is 1.47. The van der Waals surface area contributed by atoms with Gasteiger partial charge >= 0.3 is 0 Å². The molecule has 0 aromatic heterocycles. The van der Waals surface area contributed by atoms with E-state index in [0.29, 0.717) is 5.57 Å². The number of nitrogens with one attached hydrogen (secondary N) is 1. The summed E-state index contributed by atoms with van der Waals surface area (Å²) in [6.45, 7) is 3.95. The zero-order chi connectivity index (χ0) is 11.4. The van der Waals surface area contributed by atoms with Gasteiger partial charge in [0.05, 0.1) is 0 Å². The number of hydrogen-bond donors (Lipinski definition) is 3. The Morgan fingerprint density at radius 2 is 2.07 bits per heavy atom. The lowest BCUT2D eigenvalue weighted by molar-refractivity contribution is 0.816. The molecule has 0 aliphatic carbocycles. The highest BCUT2D eigenvalue weighted by Gasteiger charge is 2.04. The molecule has 0 amide bonds. The predicted octanol–water partition coefficient (Wildman–Crippen LogP) is 1.96. The van der Waals surface area contributed by atoms with E-state index in [0.717, 1.165) is 16.7 Å². The van der Waals surface area contributed by atoms with Crippen LogP contribution >= 0.6 is 0 Å². The summed E-state index contributed by atoms with van der Waals surface area (Å²) >= 11 is 0. The van der Waals surface area contributed by atoms with Crippen LogP contribution in [0.1, 0.15) is 29.7 Å². The van der Waals surface area contributed by atoms with Crippen molar-refractivity contribution in [2.75, 3.05) is 0 Å². The number of rotatable bonds is 3. The Labute approximate surface area is 90.3 Å². The Morgan fingerprint density at radius 1 is 1.40 bits per heavy atom.